The minimum absolute atomic E-state index is 0.0709. The lowest BCUT2D eigenvalue weighted by atomic mass is 9.98. The molecule has 0 spiro atoms. The molecule has 0 aliphatic heterocycles. The Bertz CT molecular complexity index is 409. The monoisotopic (exact) mass is 267 g/mol. The highest BCUT2D eigenvalue weighted by Crippen LogP contribution is 2.48. The molecule has 1 aromatic heterocycles. The molecular formula is C13H17NOS2. The Balaban J connectivity index is 1.54. The van der Waals surface area contributed by atoms with Crippen molar-refractivity contribution in [2.24, 2.45) is 17.8 Å². The highest BCUT2D eigenvalue weighted by molar-refractivity contribution is 7.80. The highest BCUT2D eigenvalue weighted by atomic mass is 32.1. The van der Waals surface area contributed by atoms with Crippen molar-refractivity contribution in [3.05, 3.63) is 16.3 Å². The Kier molecular flexibility index (Phi) is 3.17. The molecule has 3 rings (SSSR count). The third kappa shape index (κ3) is 2.86. The Labute approximate surface area is 111 Å². The molecule has 2 nitrogen and oxygen atoms in total. The van der Waals surface area contributed by atoms with Crippen molar-refractivity contribution in [3.63, 3.8) is 0 Å². The first kappa shape index (κ1) is 11.6. The van der Waals surface area contributed by atoms with E-state index in [1.54, 1.807) is 0 Å². The van der Waals surface area contributed by atoms with Crippen LogP contribution in [0.3, 0.4) is 0 Å². The van der Waals surface area contributed by atoms with E-state index in [1.807, 2.05) is 11.4 Å². The second-order valence-corrected chi connectivity index (χ2v) is 6.65. The van der Waals surface area contributed by atoms with Gasteiger partial charge in [-0.25, -0.2) is 0 Å². The van der Waals surface area contributed by atoms with Crippen LogP contribution in [0.5, 0.6) is 0 Å². The third-order valence-electron chi connectivity index (χ3n) is 3.76. The minimum atomic E-state index is 0.0709. The number of thiol groups is 1. The summed E-state index contributed by atoms with van der Waals surface area (Å²) in [5, 5.41) is 4.99. The maximum Gasteiger partial charge on any atom is 0.261 e. The van der Waals surface area contributed by atoms with E-state index in [2.05, 4.69) is 17.9 Å². The fourth-order valence-corrected chi connectivity index (χ4v) is 3.57. The van der Waals surface area contributed by atoms with Gasteiger partial charge in [0, 0.05) is 16.8 Å². The number of rotatable bonds is 5. The third-order valence-corrected chi connectivity index (χ3v) is 5.12. The van der Waals surface area contributed by atoms with Crippen molar-refractivity contribution in [1.29, 1.82) is 0 Å². The van der Waals surface area contributed by atoms with Crippen LogP contribution in [-0.4, -0.2) is 12.5 Å². The van der Waals surface area contributed by atoms with Gasteiger partial charge in [-0.1, -0.05) is 0 Å². The normalized spacial score (nSPS) is 19.6. The standard InChI is InChI=1S/C13H17NOS2/c15-13(12-5-10(16)7-17-12)14-6-11(8-1-2-8)9-3-4-9/h5,7-9,11,16H,1-4,6H2,(H,14,15). The molecule has 1 aromatic rings. The van der Waals surface area contributed by atoms with Crippen LogP contribution in [0.25, 0.3) is 0 Å². The molecule has 2 aliphatic carbocycles. The van der Waals surface area contributed by atoms with Gasteiger partial charge in [0.25, 0.3) is 5.91 Å². The molecule has 0 radical (unpaired) electrons. The van der Waals surface area contributed by atoms with Crippen LogP contribution in [0.15, 0.2) is 16.3 Å². The summed E-state index contributed by atoms with van der Waals surface area (Å²) in [6.45, 7) is 0.869. The molecule has 1 heterocycles. The highest BCUT2D eigenvalue weighted by Gasteiger charge is 2.41. The SMILES string of the molecule is O=C(NCC(C1CC1)C1CC1)c1cc(S)cs1. The van der Waals surface area contributed by atoms with Gasteiger partial charge in [0.15, 0.2) is 0 Å². The molecule has 1 amide bonds. The van der Waals surface area contributed by atoms with Crippen LogP contribution < -0.4 is 5.32 Å². The average molecular weight is 267 g/mol. The van der Waals surface area contributed by atoms with Gasteiger partial charge in [0.2, 0.25) is 0 Å². The van der Waals surface area contributed by atoms with Gasteiger partial charge < -0.3 is 5.32 Å². The molecular weight excluding hydrogens is 250 g/mol. The maximum atomic E-state index is 11.9. The second-order valence-electron chi connectivity index (χ2n) is 5.22. The van der Waals surface area contributed by atoms with Gasteiger partial charge in [-0.2, -0.15) is 0 Å². The lowest BCUT2D eigenvalue weighted by Gasteiger charge is -2.15. The van der Waals surface area contributed by atoms with E-state index in [-0.39, 0.29) is 5.91 Å². The van der Waals surface area contributed by atoms with Gasteiger partial charge in [-0.3, -0.25) is 4.79 Å². The minimum Gasteiger partial charge on any atom is -0.351 e. The molecule has 1 N–H and O–H groups in total. The molecule has 0 unspecified atom stereocenters. The summed E-state index contributed by atoms with van der Waals surface area (Å²) in [7, 11) is 0. The lowest BCUT2D eigenvalue weighted by molar-refractivity contribution is 0.0947. The van der Waals surface area contributed by atoms with Crippen LogP contribution in [-0.2, 0) is 0 Å². The Hall–Kier alpha value is -0.480. The van der Waals surface area contributed by atoms with E-state index in [4.69, 9.17) is 0 Å². The quantitative estimate of drug-likeness (QED) is 0.788. The zero-order valence-corrected chi connectivity index (χ0v) is 11.4. The van der Waals surface area contributed by atoms with Gasteiger partial charge in [-0.15, -0.1) is 24.0 Å². The molecule has 0 saturated heterocycles. The number of amides is 1. The summed E-state index contributed by atoms with van der Waals surface area (Å²) in [6, 6.07) is 1.84. The summed E-state index contributed by atoms with van der Waals surface area (Å²) < 4.78 is 0. The summed E-state index contributed by atoms with van der Waals surface area (Å²) in [5.41, 5.74) is 0. The van der Waals surface area contributed by atoms with E-state index in [9.17, 15) is 4.79 Å². The van der Waals surface area contributed by atoms with Crippen LogP contribution in [0.1, 0.15) is 35.4 Å². The number of thiophene rings is 1. The van der Waals surface area contributed by atoms with Crippen molar-refractivity contribution in [2.45, 2.75) is 30.6 Å². The Morgan fingerprint density at radius 3 is 2.53 bits per heavy atom. The molecule has 0 bridgehead atoms. The first-order chi connectivity index (χ1) is 8.24. The maximum absolute atomic E-state index is 11.9. The van der Waals surface area contributed by atoms with Gasteiger partial charge in [0.1, 0.15) is 0 Å². The average Bonchev–Trinajstić information content (AvgIpc) is 3.20. The fraction of sp³-hybridized carbons (Fsp3) is 0.615. The van der Waals surface area contributed by atoms with Crippen LogP contribution in [0, 0.1) is 17.8 Å². The van der Waals surface area contributed by atoms with Crippen molar-refractivity contribution in [3.8, 4) is 0 Å². The van der Waals surface area contributed by atoms with Gasteiger partial charge in [0.05, 0.1) is 4.88 Å². The number of carbonyl (C=O) groups is 1. The number of hydrogen-bond acceptors (Lipinski definition) is 3. The number of carbonyl (C=O) groups excluding carboxylic acids is 1. The molecule has 92 valence electrons. The number of nitrogens with one attached hydrogen (secondary N) is 1. The first-order valence-corrected chi connectivity index (χ1v) is 7.62. The van der Waals surface area contributed by atoms with Gasteiger partial charge in [-0.05, 0) is 49.5 Å². The summed E-state index contributed by atoms with van der Waals surface area (Å²) in [5.74, 6) is 2.61. The van der Waals surface area contributed by atoms with E-state index in [0.717, 1.165) is 34.1 Å². The van der Waals surface area contributed by atoms with Gasteiger partial charge >= 0.3 is 0 Å². The largest absolute Gasteiger partial charge is 0.351 e. The summed E-state index contributed by atoms with van der Waals surface area (Å²) in [4.78, 5) is 13.6. The van der Waals surface area contributed by atoms with Crippen LogP contribution in [0.2, 0.25) is 0 Å². The second kappa shape index (κ2) is 4.65. The molecule has 0 aromatic carbocycles. The van der Waals surface area contributed by atoms with Crippen LogP contribution in [0.4, 0.5) is 0 Å². The predicted octanol–water partition coefficient (Wildman–Crippen LogP) is 3.20. The molecule has 2 saturated carbocycles. The predicted molar refractivity (Wildman–Crippen MR) is 72.8 cm³/mol. The lowest BCUT2D eigenvalue weighted by Crippen LogP contribution is -2.30. The molecule has 4 heteroatoms. The number of hydrogen-bond donors (Lipinski definition) is 2. The smallest absolute Gasteiger partial charge is 0.261 e. The van der Waals surface area contributed by atoms with Crippen molar-refractivity contribution >= 4 is 29.9 Å². The van der Waals surface area contributed by atoms with E-state index >= 15 is 0 Å². The van der Waals surface area contributed by atoms with E-state index in [1.165, 1.54) is 37.0 Å². The van der Waals surface area contributed by atoms with Crippen molar-refractivity contribution in [1.82, 2.24) is 5.32 Å². The first-order valence-electron chi connectivity index (χ1n) is 6.30. The molecule has 17 heavy (non-hydrogen) atoms. The summed E-state index contributed by atoms with van der Waals surface area (Å²) >= 11 is 5.69. The summed E-state index contributed by atoms with van der Waals surface area (Å²) in [6.07, 6.45) is 5.49. The zero-order valence-electron chi connectivity index (χ0n) is 9.69. The zero-order chi connectivity index (χ0) is 11.8. The van der Waals surface area contributed by atoms with E-state index in [0.29, 0.717) is 0 Å². The Morgan fingerprint density at radius 2 is 2.06 bits per heavy atom. The molecule has 2 aliphatic rings. The molecule has 0 atom stereocenters. The van der Waals surface area contributed by atoms with Crippen LogP contribution >= 0.6 is 24.0 Å². The van der Waals surface area contributed by atoms with Crippen molar-refractivity contribution < 1.29 is 4.79 Å². The fourth-order valence-electron chi connectivity index (χ4n) is 2.51. The Morgan fingerprint density at radius 1 is 1.41 bits per heavy atom. The molecule has 2 fully saturated rings. The van der Waals surface area contributed by atoms with Crippen molar-refractivity contribution in [2.75, 3.05) is 6.54 Å². The van der Waals surface area contributed by atoms with E-state index < -0.39 is 0 Å². The topological polar surface area (TPSA) is 29.1 Å².